The molecule has 0 aliphatic carbocycles. The van der Waals surface area contributed by atoms with Crippen molar-refractivity contribution >= 4 is 24.5 Å². The third kappa shape index (κ3) is 1.39. The van der Waals surface area contributed by atoms with E-state index in [-0.39, 0.29) is 5.82 Å². The van der Waals surface area contributed by atoms with Crippen LogP contribution in [0, 0.1) is 12.7 Å². The van der Waals surface area contributed by atoms with E-state index in [0.29, 0.717) is 5.52 Å². The average Bonchev–Trinajstić information content (AvgIpc) is 2.08. The molecule has 0 saturated heterocycles. The van der Waals surface area contributed by atoms with Gasteiger partial charge in [-0.2, -0.15) is 0 Å². The number of benzene rings is 1. The Labute approximate surface area is 76.2 Å². The summed E-state index contributed by atoms with van der Waals surface area (Å²) in [4.78, 5) is 8.52. The van der Waals surface area contributed by atoms with Crippen molar-refractivity contribution < 1.29 is 4.39 Å². The van der Waals surface area contributed by atoms with Gasteiger partial charge in [-0.3, -0.25) is 9.97 Å². The van der Waals surface area contributed by atoms with Gasteiger partial charge in [0.25, 0.3) is 0 Å². The van der Waals surface area contributed by atoms with Crippen LogP contribution in [0.1, 0.15) is 5.69 Å². The lowest BCUT2D eigenvalue weighted by Gasteiger charge is -2.01. The standard InChI is InChI=1S/C9H8BFN2/c1-5-9(10)13-7-3-2-6(11)4-8(7)12-5/h2-4H,10H2,1H3. The van der Waals surface area contributed by atoms with E-state index in [1.165, 1.54) is 12.1 Å². The van der Waals surface area contributed by atoms with E-state index in [2.05, 4.69) is 9.97 Å². The molecule has 2 nitrogen and oxygen atoms in total. The smallest absolute Gasteiger partial charge is 0.166 e. The Balaban J connectivity index is 2.81. The number of rotatable bonds is 0. The molecule has 1 heterocycles. The Morgan fingerprint density at radius 3 is 2.77 bits per heavy atom. The fourth-order valence-corrected chi connectivity index (χ4v) is 1.20. The predicted octanol–water partition coefficient (Wildman–Crippen LogP) is 0.336. The van der Waals surface area contributed by atoms with Crippen LogP contribution in [-0.2, 0) is 0 Å². The van der Waals surface area contributed by atoms with Gasteiger partial charge in [0.2, 0.25) is 0 Å². The van der Waals surface area contributed by atoms with Crippen LogP contribution in [0.4, 0.5) is 4.39 Å². The third-order valence-electron chi connectivity index (χ3n) is 2.04. The highest BCUT2D eigenvalue weighted by Crippen LogP contribution is 2.09. The number of hydrogen-bond acceptors (Lipinski definition) is 2. The molecule has 13 heavy (non-hydrogen) atoms. The quantitative estimate of drug-likeness (QED) is 0.538. The Morgan fingerprint density at radius 2 is 2.00 bits per heavy atom. The summed E-state index contributed by atoms with van der Waals surface area (Å²) in [6.07, 6.45) is 0. The van der Waals surface area contributed by atoms with Gasteiger partial charge in [0, 0.05) is 17.4 Å². The molecule has 0 atom stereocenters. The number of hydrogen-bond donors (Lipinski definition) is 0. The van der Waals surface area contributed by atoms with E-state index in [0.717, 1.165) is 16.8 Å². The summed E-state index contributed by atoms with van der Waals surface area (Å²) < 4.78 is 12.8. The highest BCUT2D eigenvalue weighted by atomic mass is 19.1. The molecule has 0 bridgehead atoms. The van der Waals surface area contributed by atoms with Crippen LogP contribution in [-0.4, -0.2) is 17.8 Å². The molecule has 1 aromatic carbocycles. The van der Waals surface area contributed by atoms with Crippen molar-refractivity contribution in [2.24, 2.45) is 0 Å². The van der Waals surface area contributed by atoms with E-state index < -0.39 is 0 Å². The number of fused-ring (bicyclic) bond motifs is 1. The highest BCUT2D eigenvalue weighted by Gasteiger charge is 2.01. The molecule has 0 aliphatic heterocycles. The van der Waals surface area contributed by atoms with Crippen LogP contribution < -0.4 is 5.59 Å². The summed E-state index contributed by atoms with van der Waals surface area (Å²) in [6.45, 7) is 1.87. The van der Waals surface area contributed by atoms with Crippen molar-refractivity contribution in [3.8, 4) is 0 Å². The summed E-state index contributed by atoms with van der Waals surface area (Å²) in [5.74, 6) is -0.273. The maximum atomic E-state index is 12.8. The molecule has 0 saturated carbocycles. The molecule has 2 aromatic rings. The summed E-state index contributed by atoms with van der Waals surface area (Å²) in [5, 5.41) is 0. The molecule has 64 valence electrons. The topological polar surface area (TPSA) is 25.8 Å². The Hall–Kier alpha value is -1.45. The normalized spacial score (nSPS) is 10.6. The molecule has 2 rings (SSSR count). The zero-order valence-corrected chi connectivity index (χ0v) is 7.50. The van der Waals surface area contributed by atoms with Gasteiger partial charge >= 0.3 is 0 Å². The first-order valence-electron chi connectivity index (χ1n) is 4.07. The molecular formula is C9H8BFN2. The lowest BCUT2D eigenvalue weighted by molar-refractivity contribution is 0.629. The van der Waals surface area contributed by atoms with E-state index in [9.17, 15) is 4.39 Å². The largest absolute Gasteiger partial charge is 0.260 e. The molecule has 0 N–H and O–H groups in total. The Kier molecular flexibility index (Phi) is 1.76. The van der Waals surface area contributed by atoms with Crippen molar-refractivity contribution in [2.75, 3.05) is 0 Å². The first-order valence-corrected chi connectivity index (χ1v) is 4.07. The highest BCUT2D eigenvalue weighted by molar-refractivity contribution is 6.31. The van der Waals surface area contributed by atoms with E-state index in [1.807, 2.05) is 14.8 Å². The van der Waals surface area contributed by atoms with Gasteiger partial charge in [-0.1, -0.05) is 0 Å². The second-order valence-corrected chi connectivity index (χ2v) is 3.03. The minimum absolute atomic E-state index is 0.273. The van der Waals surface area contributed by atoms with Crippen LogP contribution >= 0.6 is 0 Å². The Morgan fingerprint density at radius 1 is 1.23 bits per heavy atom. The fraction of sp³-hybridized carbons (Fsp3) is 0.111. The van der Waals surface area contributed by atoms with Gasteiger partial charge in [0.05, 0.1) is 11.0 Å². The van der Waals surface area contributed by atoms with Gasteiger partial charge in [-0.15, -0.1) is 0 Å². The van der Waals surface area contributed by atoms with Crippen molar-refractivity contribution in [2.45, 2.75) is 6.92 Å². The van der Waals surface area contributed by atoms with Gasteiger partial charge < -0.3 is 0 Å². The minimum atomic E-state index is -0.273. The lowest BCUT2D eigenvalue weighted by atomic mass is 10.0. The molecule has 1 aromatic heterocycles. The molecule has 0 unspecified atom stereocenters. The van der Waals surface area contributed by atoms with Crippen LogP contribution in [0.25, 0.3) is 11.0 Å². The fourth-order valence-electron chi connectivity index (χ4n) is 1.20. The average molecular weight is 174 g/mol. The predicted molar refractivity (Wildman–Crippen MR) is 52.4 cm³/mol. The van der Waals surface area contributed by atoms with E-state index in [4.69, 9.17) is 0 Å². The van der Waals surface area contributed by atoms with E-state index >= 15 is 0 Å². The maximum absolute atomic E-state index is 12.8. The van der Waals surface area contributed by atoms with Gasteiger partial charge in [0.1, 0.15) is 5.82 Å². The molecule has 4 heteroatoms. The summed E-state index contributed by atoms with van der Waals surface area (Å²) in [5.41, 5.74) is 3.09. The van der Waals surface area contributed by atoms with Crippen molar-refractivity contribution in [3.63, 3.8) is 0 Å². The molecule has 0 amide bonds. The number of aromatic nitrogens is 2. The Bertz CT molecular complexity index is 470. The second kappa shape index (κ2) is 2.80. The molecule has 0 spiro atoms. The molecule has 0 fully saturated rings. The molecule has 0 radical (unpaired) electrons. The van der Waals surface area contributed by atoms with Crippen LogP contribution in [0.3, 0.4) is 0 Å². The summed E-state index contributed by atoms with van der Waals surface area (Å²) in [7, 11) is 1.89. The second-order valence-electron chi connectivity index (χ2n) is 3.03. The number of halogens is 1. The van der Waals surface area contributed by atoms with Crippen LogP contribution in [0.15, 0.2) is 18.2 Å². The molecular weight excluding hydrogens is 166 g/mol. The zero-order valence-electron chi connectivity index (χ0n) is 7.50. The maximum Gasteiger partial charge on any atom is 0.166 e. The SMILES string of the molecule is Bc1nc2ccc(F)cc2nc1C. The van der Waals surface area contributed by atoms with Gasteiger partial charge in [-0.25, -0.2) is 4.39 Å². The van der Waals surface area contributed by atoms with Crippen LogP contribution in [0.2, 0.25) is 0 Å². The lowest BCUT2D eigenvalue weighted by Crippen LogP contribution is -2.14. The zero-order chi connectivity index (χ0) is 9.42. The van der Waals surface area contributed by atoms with E-state index in [1.54, 1.807) is 6.07 Å². The summed E-state index contributed by atoms with van der Waals surface area (Å²) in [6, 6.07) is 4.44. The van der Waals surface area contributed by atoms with Gasteiger partial charge in [-0.05, 0) is 19.1 Å². The summed E-state index contributed by atoms with van der Waals surface area (Å²) >= 11 is 0. The first kappa shape index (κ1) is 8.17. The van der Waals surface area contributed by atoms with Crippen molar-refractivity contribution in [1.82, 2.24) is 9.97 Å². The molecule has 0 aliphatic rings. The van der Waals surface area contributed by atoms with Crippen molar-refractivity contribution in [1.29, 1.82) is 0 Å². The van der Waals surface area contributed by atoms with Crippen LogP contribution in [0.5, 0.6) is 0 Å². The van der Waals surface area contributed by atoms with Crippen molar-refractivity contribution in [3.05, 3.63) is 29.7 Å². The first-order chi connectivity index (χ1) is 6.16. The minimum Gasteiger partial charge on any atom is -0.260 e. The number of aryl methyl sites for hydroxylation is 1. The number of nitrogens with zero attached hydrogens (tertiary/aromatic N) is 2. The third-order valence-corrected chi connectivity index (χ3v) is 2.04. The van der Waals surface area contributed by atoms with Gasteiger partial charge in [0.15, 0.2) is 7.85 Å². The monoisotopic (exact) mass is 174 g/mol.